The monoisotopic (exact) mass is 329 g/mol. The number of aryl methyl sites for hydroxylation is 2. The van der Waals surface area contributed by atoms with E-state index < -0.39 is 0 Å². The van der Waals surface area contributed by atoms with Crippen molar-refractivity contribution in [1.29, 1.82) is 0 Å². The Hall–Kier alpha value is -1.84. The zero-order valence-corrected chi connectivity index (χ0v) is 14.2. The van der Waals surface area contributed by atoms with Gasteiger partial charge in [-0.25, -0.2) is 0 Å². The predicted molar refractivity (Wildman–Crippen MR) is 95.4 cm³/mol. The van der Waals surface area contributed by atoms with Crippen LogP contribution in [0.2, 0.25) is 5.02 Å². The Morgan fingerprint density at radius 1 is 1.14 bits per heavy atom. The van der Waals surface area contributed by atoms with E-state index in [2.05, 4.69) is 11.4 Å². The third kappa shape index (κ3) is 2.62. The molecule has 112 valence electrons. The number of rotatable bonds is 2. The van der Waals surface area contributed by atoms with Crippen molar-refractivity contribution in [2.24, 2.45) is 0 Å². The van der Waals surface area contributed by atoms with Crippen LogP contribution in [0, 0.1) is 20.8 Å². The van der Waals surface area contributed by atoms with E-state index in [0.717, 1.165) is 32.5 Å². The Bertz CT molecular complexity index is 882. The van der Waals surface area contributed by atoms with Crippen LogP contribution in [0.5, 0.6) is 0 Å². The molecule has 2 aromatic carbocycles. The summed E-state index contributed by atoms with van der Waals surface area (Å²) in [4.78, 5) is 13.1. The number of carbonyl (C=O) groups excluding carboxylic acids is 1. The number of benzene rings is 2. The largest absolute Gasteiger partial charge is 0.321 e. The van der Waals surface area contributed by atoms with Crippen LogP contribution in [-0.2, 0) is 0 Å². The summed E-state index contributed by atoms with van der Waals surface area (Å²) < 4.78 is 1.04. The maximum atomic E-state index is 12.6. The van der Waals surface area contributed by atoms with Gasteiger partial charge in [-0.05, 0) is 49.6 Å². The van der Waals surface area contributed by atoms with Crippen molar-refractivity contribution in [1.82, 2.24) is 0 Å². The van der Waals surface area contributed by atoms with Crippen molar-refractivity contribution in [2.75, 3.05) is 5.32 Å². The molecule has 0 spiro atoms. The molecule has 0 bridgehead atoms. The zero-order valence-electron chi connectivity index (χ0n) is 12.7. The van der Waals surface area contributed by atoms with Crippen LogP contribution in [0.3, 0.4) is 0 Å². The molecule has 0 aliphatic rings. The predicted octanol–water partition coefficient (Wildman–Crippen LogP) is 5.73. The average Bonchev–Trinajstić information content (AvgIpc) is 2.80. The summed E-state index contributed by atoms with van der Waals surface area (Å²) in [5, 5.41) is 4.43. The van der Waals surface area contributed by atoms with Gasteiger partial charge in [0.1, 0.15) is 4.88 Å². The molecule has 0 unspecified atom stereocenters. The summed E-state index contributed by atoms with van der Waals surface area (Å²) >= 11 is 7.82. The van der Waals surface area contributed by atoms with Crippen molar-refractivity contribution >= 4 is 44.6 Å². The highest BCUT2D eigenvalue weighted by atomic mass is 35.5. The molecule has 3 aromatic rings. The third-order valence-corrected chi connectivity index (χ3v) is 5.50. The van der Waals surface area contributed by atoms with Gasteiger partial charge in [-0.15, -0.1) is 11.3 Å². The molecule has 22 heavy (non-hydrogen) atoms. The minimum Gasteiger partial charge on any atom is -0.321 e. The van der Waals surface area contributed by atoms with Crippen molar-refractivity contribution in [2.45, 2.75) is 20.8 Å². The van der Waals surface area contributed by atoms with Gasteiger partial charge in [0.05, 0.1) is 5.02 Å². The van der Waals surface area contributed by atoms with Gasteiger partial charge in [0.2, 0.25) is 0 Å². The molecule has 1 heterocycles. The Kier molecular flexibility index (Phi) is 3.94. The van der Waals surface area contributed by atoms with E-state index in [4.69, 9.17) is 11.6 Å². The Balaban J connectivity index is 1.99. The highest BCUT2D eigenvalue weighted by Crippen LogP contribution is 2.36. The van der Waals surface area contributed by atoms with Crippen LogP contribution < -0.4 is 5.32 Å². The molecule has 1 N–H and O–H groups in total. The van der Waals surface area contributed by atoms with E-state index in [-0.39, 0.29) is 5.91 Å². The second-order valence-corrected chi connectivity index (χ2v) is 6.88. The lowest BCUT2D eigenvalue weighted by atomic mass is 10.1. The fourth-order valence-electron chi connectivity index (χ4n) is 2.38. The molecule has 1 amide bonds. The quantitative estimate of drug-likeness (QED) is 0.639. The lowest BCUT2D eigenvalue weighted by Crippen LogP contribution is -2.11. The van der Waals surface area contributed by atoms with E-state index in [9.17, 15) is 4.79 Å². The highest BCUT2D eigenvalue weighted by molar-refractivity contribution is 7.21. The summed E-state index contributed by atoms with van der Waals surface area (Å²) in [7, 11) is 0. The second kappa shape index (κ2) is 5.75. The first kappa shape index (κ1) is 15.1. The van der Waals surface area contributed by atoms with Gasteiger partial charge in [0, 0.05) is 15.8 Å². The van der Waals surface area contributed by atoms with Gasteiger partial charge in [-0.1, -0.05) is 35.9 Å². The lowest BCUT2D eigenvalue weighted by molar-refractivity contribution is 0.103. The summed E-state index contributed by atoms with van der Waals surface area (Å²) in [6, 6.07) is 11.9. The normalized spacial score (nSPS) is 10.9. The number of hydrogen-bond donors (Lipinski definition) is 1. The molecule has 3 rings (SSSR count). The van der Waals surface area contributed by atoms with Crippen LogP contribution >= 0.6 is 22.9 Å². The Labute approximate surface area is 138 Å². The Morgan fingerprint density at radius 2 is 1.91 bits per heavy atom. The topological polar surface area (TPSA) is 29.1 Å². The van der Waals surface area contributed by atoms with Crippen LogP contribution in [-0.4, -0.2) is 5.91 Å². The first-order valence-electron chi connectivity index (χ1n) is 7.03. The summed E-state index contributed by atoms with van der Waals surface area (Å²) in [6.45, 7) is 6.06. The van der Waals surface area contributed by atoms with Gasteiger partial charge < -0.3 is 5.32 Å². The van der Waals surface area contributed by atoms with Crippen molar-refractivity contribution in [3.8, 4) is 0 Å². The molecule has 1 aromatic heterocycles. The zero-order chi connectivity index (χ0) is 15.9. The fourth-order valence-corrected chi connectivity index (χ4v) is 3.89. The first-order valence-corrected chi connectivity index (χ1v) is 8.23. The molecule has 0 fully saturated rings. The van der Waals surface area contributed by atoms with E-state index in [0.29, 0.717) is 9.90 Å². The maximum absolute atomic E-state index is 12.6. The molecule has 0 radical (unpaired) electrons. The number of fused-ring (bicyclic) bond motifs is 1. The smallest absolute Gasteiger partial charge is 0.267 e. The minimum absolute atomic E-state index is 0.155. The minimum atomic E-state index is -0.155. The molecule has 4 heteroatoms. The summed E-state index contributed by atoms with van der Waals surface area (Å²) in [5.41, 5.74) is 4.21. The summed E-state index contributed by atoms with van der Waals surface area (Å²) in [5.74, 6) is -0.155. The van der Waals surface area contributed by atoms with Gasteiger partial charge in [-0.3, -0.25) is 4.79 Å². The van der Waals surface area contributed by atoms with E-state index in [1.165, 1.54) is 11.3 Å². The SMILES string of the molecule is Cc1ccc2c(Cl)c(C(=O)Nc3cccc(C)c3C)sc2c1. The fraction of sp³-hybridized carbons (Fsp3) is 0.167. The van der Waals surface area contributed by atoms with Gasteiger partial charge in [0.25, 0.3) is 5.91 Å². The Morgan fingerprint density at radius 3 is 2.68 bits per heavy atom. The number of thiophene rings is 1. The van der Waals surface area contributed by atoms with Crippen molar-refractivity contribution in [3.05, 3.63) is 63.0 Å². The average molecular weight is 330 g/mol. The van der Waals surface area contributed by atoms with Crippen LogP contribution in [0.15, 0.2) is 36.4 Å². The lowest BCUT2D eigenvalue weighted by Gasteiger charge is -2.09. The molecular weight excluding hydrogens is 314 g/mol. The van der Waals surface area contributed by atoms with E-state index in [1.54, 1.807) is 0 Å². The van der Waals surface area contributed by atoms with Gasteiger partial charge in [0.15, 0.2) is 0 Å². The molecule has 0 atom stereocenters. The second-order valence-electron chi connectivity index (χ2n) is 5.45. The van der Waals surface area contributed by atoms with E-state index >= 15 is 0 Å². The first-order chi connectivity index (χ1) is 10.5. The standard InChI is InChI=1S/C18H16ClNOS/c1-10-7-8-13-15(9-10)22-17(16(13)19)18(21)20-14-6-4-5-11(2)12(14)3/h4-9H,1-3H3,(H,20,21). The third-order valence-electron chi connectivity index (χ3n) is 3.84. The van der Waals surface area contributed by atoms with Gasteiger partial charge in [-0.2, -0.15) is 0 Å². The molecule has 0 aliphatic heterocycles. The molecule has 0 saturated carbocycles. The molecule has 0 aliphatic carbocycles. The van der Waals surface area contributed by atoms with Crippen molar-refractivity contribution in [3.63, 3.8) is 0 Å². The number of carbonyl (C=O) groups is 1. The van der Waals surface area contributed by atoms with E-state index in [1.807, 2.05) is 51.1 Å². The maximum Gasteiger partial charge on any atom is 0.267 e. The van der Waals surface area contributed by atoms with Crippen LogP contribution in [0.1, 0.15) is 26.4 Å². The van der Waals surface area contributed by atoms with Crippen LogP contribution in [0.4, 0.5) is 5.69 Å². The summed E-state index contributed by atoms with van der Waals surface area (Å²) in [6.07, 6.45) is 0. The number of halogens is 1. The number of nitrogens with one attached hydrogen (secondary N) is 1. The number of anilines is 1. The highest BCUT2D eigenvalue weighted by Gasteiger charge is 2.18. The number of hydrogen-bond acceptors (Lipinski definition) is 2. The van der Waals surface area contributed by atoms with Crippen LogP contribution in [0.25, 0.3) is 10.1 Å². The molecular formula is C18H16ClNOS. The molecule has 0 saturated heterocycles. The van der Waals surface area contributed by atoms with Crippen molar-refractivity contribution < 1.29 is 4.79 Å². The molecule has 2 nitrogen and oxygen atoms in total. The number of amides is 1. The van der Waals surface area contributed by atoms with Gasteiger partial charge >= 0.3 is 0 Å².